The molecule has 3 saturated carbocycles. The van der Waals surface area contributed by atoms with Crippen LogP contribution in [0.1, 0.15) is 65.2 Å². The molecule has 2 heteroatoms. The lowest BCUT2D eigenvalue weighted by molar-refractivity contribution is -0.118. The van der Waals surface area contributed by atoms with E-state index in [2.05, 4.69) is 13.8 Å². The van der Waals surface area contributed by atoms with Gasteiger partial charge in [-0.3, -0.25) is 4.79 Å². The molecule has 0 amide bonds. The summed E-state index contributed by atoms with van der Waals surface area (Å²) in [6.45, 7) is 4.76. The molecule has 1 N–H and O–H groups in total. The van der Waals surface area contributed by atoms with Crippen molar-refractivity contribution in [3.8, 4) is 0 Å². The molecule has 4 aliphatic carbocycles. The first-order valence-corrected chi connectivity index (χ1v) is 8.87. The minimum Gasteiger partial charge on any atom is -0.393 e. The second-order valence-corrected chi connectivity index (χ2v) is 8.61. The van der Waals surface area contributed by atoms with Gasteiger partial charge in [0.25, 0.3) is 0 Å². The lowest BCUT2D eigenvalue weighted by atomic mass is 9.47. The summed E-state index contributed by atoms with van der Waals surface area (Å²) in [4.78, 5) is 11.8. The Morgan fingerprint density at radius 2 is 1.86 bits per heavy atom. The van der Waals surface area contributed by atoms with E-state index in [9.17, 15) is 9.90 Å². The monoisotopic (exact) mass is 288 g/mol. The van der Waals surface area contributed by atoms with Gasteiger partial charge in [0.1, 0.15) is 0 Å². The predicted molar refractivity (Wildman–Crippen MR) is 82.7 cm³/mol. The topological polar surface area (TPSA) is 37.3 Å². The Labute approximate surface area is 128 Å². The molecule has 0 heterocycles. The van der Waals surface area contributed by atoms with Gasteiger partial charge in [0.15, 0.2) is 5.78 Å². The van der Waals surface area contributed by atoms with Crippen molar-refractivity contribution in [3.05, 3.63) is 11.6 Å². The van der Waals surface area contributed by atoms with Crippen LogP contribution in [0.2, 0.25) is 0 Å². The van der Waals surface area contributed by atoms with Gasteiger partial charge in [-0.25, -0.2) is 0 Å². The van der Waals surface area contributed by atoms with Gasteiger partial charge in [-0.2, -0.15) is 0 Å². The van der Waals surface area contributed by atoms with Crippen LogP contribution in [0.25, 0.3) is 0 Å². The molecule has 2 nitrogen and oxygen atoms in total. The van der Waals surface area contributed by atoms with E-state index in [-0.39, 0.29) is 16.9 Å². The van der Waals surface area contributed by atoms with Crippen molar-refractivity contribution in [1.29, 1.82) is 0 Å². The molecule has 4 rings (SSSR count). The Kier molecular flexibility index (Phi) is 2.96. The summed E-state index contributed by atoms with van der Waals surface area (Å²) in [5.41, 5.74) is 1.89. The zero-order valence-corrected chi connectivity index (χ0v) is 13.4. The maximum Gasteiger partial charge on any atom is 0.155 e. The number of hydrogen-bond donors (Lipinski definition) is 1. The summed E-state index contributed by atoms with van der Waals surface area (Å²) in [6, 6.07) is 0. The normalized spacial score (nSPS) is 52.7. The van der Waals surface area contributed by atoms with E-state index in [1.165, 1.54) is 31.3 Å². The fourth-order valence-corrected chi connectivity index (χ4v) is 6.53. The predicted octanol–water partition coefficient (Wildman–Crippen LogP) is 3.88. The van der Waals surface area contributed by atoms with Gasteiger partial charge in [0, 0.05) is 6.42 Å². The Morgan fingerprint density at radius 3 is 2.67 bits per heavy atom. The molecule has 0 aromatic carbocycles. The van der Waals surface area contributed by atoms with Crippen molar-refractivity contribution < 1.29 is 9.90 Å². The molecule has 116 valence electrons. The molecule has 21 heavy (non-hydrogen) atoms. The van der Waals surface area contributed by atoms with Crippen molar-refractivity contribution >= 4 is 5.78 Å². The lowest BCUT2D eigenvalue weighted by Crippen LogP contribution is -2.51. The van der Waals surface area contributed by atoms with Crippen LogP contribution in [-0.4, -0.2) is 17.0 Å². The number of aliphatic hydroxyl groups excluding tert-OH is 1. The van der Waals surface area contributed by atoms with E-state index in [1.54, 1.807) is 0 Å². The van der Waals surface area contributed by atoms with Gasteiger partial charge in [0.05, 0.1) is 6.10 Å². The van der Waals surface area contributed by atoms with E-state index in [4.69, 9.17) is 0 Å². The molecule has 4 aliphatic rings. The minimum atomic E-state index is -0.0823. The first-order valence-electron chi connectivity index (χ1n) is 8.87. The third kappa shape index (κ3) is 1.78. The Balaban J connectivity index is 1.69. The zero-order chi connectivity index (χ0) is 14.8. The molecular formula is C19H28O2. The van der Waals surface area contributed by atoms with E-state index in [1.807, 2.05) is 6.08 Å². The summed E-state index contributed by atoms with van der Waals surface area (Å²) in [5, 5.41) is 10.4. The van der Waals surface area contributed by atoms with Gasteiger partial charge in [0.2, 0.25) is 0 Å². The van der Waals surface area contributed by atoms with Crippen molar-refractivity contribution in [2.75, 3.05) is 0 Å². The lowest BCUT2D eigenvalue weighted by Gasteiger charge is -2.57. The Hall–Kier alpha value is -0.630. The van der Waals surface area contributed by atoms with Crippen molar-refractivity contribution in [1.82, 2.24) is 0 Å². The third-order valence-electron chi connectivity index (χ3n) is 7.91. The first-order chi connectivity index (χ1) is 9.95. The summed E-state index contributed by atoms with van der Waals surface area (Å²) >= 11 is 0. The summed E-state index contributed by atoms with van der Waals surface area (Å²) < 4.78 is 0. The van der Waals surface area contributed by atoms with Gasteiger partial charge in [-0.05, 0) is 79.6 Å². The number of rotatable bonds is 0. The standard InChI is InChI=1S/C19H28O2/c1-18-9-7-13(20)11-12(18)3-4-14-15-5-6-17(21)19(15,2)10-8-16(14)18/h11,14-17,21H,3-10H2,1-2H3/t14-,15+,16-,17-,18-,19-/m0/s1. The Morgan fingerprint density at radius 1 is 1.05 bits per heavy atom. The fourth-order valence-electron chi connectivity index (χ4n) is 6.53. The minimum absolute atomic E-state index is 0.0823. The average Bonchev–Trinajstić information content (AvgIpc) is 2.76. The van der Waals surface area contributed by atoms with Crippen molar-refractivity contribution in [3.63, 3.8) is 0 Å². The van der Waals surface area contributed by atoms with E-state index < -0.39 is 0 Å². The smallest absolute Gasteiger partial charge is 0.155 e. The molecule has 0 aromatic heterocycles. The van der Waals surface area contributed by atoms with Crippen LogP contribution >= 0.6 is 0 Å². The van der Waals surface area contributed by atoms with Crippen LogP contribution in [0, 0.1) is 28.6 Å². The fraction of sp³-hybridized carbons (Fsp3) is 0.842. The van der Waals surface area contributed by atoms with Gasteiger partial charge >= 0.3 is 0 Å². The van der Waals surface area contributed by atoms with E-state index in [0.717, 1.165) is 37.5 Å². The largest absolute Gasteiger partial charge is 0.393 e. The van der Waals surface area contributed by atoms with E-state index in [0.29, 0.717) is 11.7 Å². The van der Waals surface area contributed by atoms with Crippen LogP contribution in [0.15, 0.2) is 11.6 Å². The summed E-state index contributed by atoms with van der Waals surface area (Å²) in [7, 11) is 0. The second-order valence-electron chi connectivity index (χ2n) is 8.61. The molecule has 0 aliphatic heterocycles. The van der Waals surface area contributed by atoms with Gasteiger partial charge < -0.3 is 5.11 Å². The summed E-state index contributed by atoms with van der Waals surface area (Å²) in [6.07, 6.45) is 10.7. The van der Waals surface area contributed by atoms with Crippen molar-refractivity contribution in [2.24, 2.45) is 28.6 Å². The third-order valence-corrected chi connectivity index (χ3v) is 7.91. The van der Waals surface area contributed by atoms with Gasteiger partial charge in [-0.1, -0.05) is 19.4 Å². The average molecular weight is 288 g/mol. The number of ketones is 1. The van der Waals surface area contributed by atoms with Gasteiger partial charge in [-0.15, -0.1) is 0 Å². The van der Waals surface area contributed by atoms with E-state index >= 15 is 0 Å². The number of carbonyl (C=O) groups excluding carboxylic acids is 1. The highest BCUT2D eigenvalue weighted by Crippen LogP contribution is 2.65. The molecule has 0 bridgehead atoms. The number of hydrogen-bond acceptors (Lipinski definition) is 2. The maximum atomic E-state index is 11.8. The van der Waals surface area contributed by atoms with Crippen LogP contribution in [0.5, 0.6) is 0 Å². The molecule has 3 fully saturated rings. The molecular weight excluding hydrogens is 260 g/mol. The maximum absolute atomic E-state index is 11.8. The second kappa shape index (κ2) is 4.44. The highest BCUT2D eigenvalue weighted by atomic mass is 16.3. The SMILES string of the molecule is C[C@]12CC[C@H]3[C@@H](CCC4=CC(=O)CC[C@@]43C)[C@H]1CC[C@@H]2O. The number of aliphatic hydroxyl groups is 1. The van der Waals surface area contributed by atoms with Crippen molar-refractivity contribution in [2.45, 2.75) is 71.3 Å². The highest BCUT2D eigenvalue weighted by molar-refractivity contribution is 5.91. The van der Waals surface area contributed by atoms with Crippen LogP contribution in [-0.2, 0) is 4.79 Å². The molecule has 0 unspecified atom stereocenters. The summed E-state index contributed by atoms with van der Waals surface area (Å²) in [5.74, 6) is 2.57. The number of allylic oxidation sites excluding steroid dienone is 1. The van der Waals surface area contributed by atoms with Crippen LogP contribution in [0.4, 0.5) is 0 Å². The number of carbonyl (C=O) groups is 1. The Bertz CT molecular complexity index is 508. The zero-order valence-electron chi connectivity index (χ0n) is 13.4. The number of fused-ring (bicyclic) bond motifs is 5. The van der Waals surface area contributed by atoms with Crippen LogP contribution < -0.4 is 0 Å². The molecule has 0 spiro atoms. The van der Waals surface area contributed by atoms with Crippen LogP contribution in [0.3, 0.4) is 0 Å². The molecule has 6 atom stereocenters. The molecule has 0 radical (unpaired) electrons. The quantitative estimate of drug-likeness (QED) is 0.734. The molecule has 0 aromatic rings. The first kappa shape index (κ1) is 14.0. The highest BCUT2D eigenvalue weighted by Gasteiger charge is 2.58. The molecule has 0 saturated heterocycles.